The van der Waals surface area contributed by atoms with E-state index in [1.807, 2.05) is 0 Å². The van der Waals surface area contributed by atoms with Gasteiger partial charge in [-0.2, -0.15) is 16.8 Å². The third-order valence-corrected chi connectivity index (χ3v) is 6.49. The minimum Gasteiger partial charge on any atom is -0.398 e. The molecule has 11 heteroatoms. The number of anilines is 2. The predicted molar refractivity (Wildman–Crippen MR) is 118 cm³/mol. The van der Waals surface area contributed by atoms with Gasteiger partial charge < -0.3 is 16.9 Å². The van der Waals surface area contributed by atoms with Crippen LogP contribution < -0.4 is 11.5 Å². The third-order valence-electron chi connectivity index (χ3n) is 4.68. The fourth-order valence-electron chi connectivity index (χ4n) is 3.15. The summed E-state index contributed by atoms with van der Waals surface area (Å²) < 4.78 is 66.0. The summed E-state index contributed by atoms with van der Waals surface area (Å²) in [6.45, 7) is 1.71. The van der Waals surface area contributed by atoms with Gasteiger partial charge in [0.2, 0.25) is 0 Å². The molecule has 9 nitrogen and oxygen atoms in total. The maximum atomic E-state index is 11.7. The normalized spacial score (nSPS) is 14.5. The number of nitrogen functional groups attached to an aromatic ring is 2. The van der Waals surface area contributed by atoms with Crippen molar-refractivity contribution in [2.45, 2.75) is 16.7 Å². The Morgan fingerprint density at radius 2 is 1.29 bits per heavy atom. The zero-order chi connectivity index (χ0) is 23.1. The van der Waals surface area contributed by atoms with Crippen LogP contribution in [0.15, 0.2) is 75.6 Å². The lowest BCUT2D eigenvalue weighted by Crippen LogP contribution is -2.07. The van der Waals surface area contributed by atoms with Crippen LogP contribution in [0.2, 0.25) is 0 Å². The summed E-state index contributed by atoms with van der Waals surface area (Å²) in [6, 6.07) is 7.93. The first-order chi connectivity index (χ1) is 14.3. The summed E-state index contributed by atoms with van der Waals surface area (Å²) in [5.74, 6) is 0. The largest absolute Gasteiger partial charge is 0.398 e. The van der Waals surface area contributed by atoms with Crippen molar-refractivity contribution < 1.29 is 25.9 Å². The van der Waals surface area contributed by atoms with Gasteiger partial charge in [-0.25, -0.2) is 0 Å². The van der Waals surface area contributed by atoms with Crippen LogP contribution in [0.3, 0.4) is 0 Å². The van der Waals surface area contributed by atoms with Crippen LogP contribution >= 0.6 is 0 Å². The Hall–Kier alpha value is -3.25. The number of benzene rings is 2. The van der Waals surface area contributed by atoms with Gasteiger partial charge in [0.05, 0.1) is 17.1 Å². The summed E-state index contributed by atoms with van der Waals surface area (Å²) in [7, 11) is -9.26. The molecule has 2 aromatic rings. The van der Waals surface area contributed by atoms with Gasteiger partial charge in [0.25, 0.3) is 20.2 Å². The Morgan fingerprint density at radius 3 is 1.68 bits per heavy atom. The van der Waals surface area contributed by atoms with E-state index in [9.17, 15) is 25.9 Å². The summed E-state index contributed by atoms with van der Waals surface area (Å²) in [5, 5.41) is 7.89. The summed E-state index contributed by atoms with van der Waals surface area (Å²) in [4.78, 5) is -1.02. The second-order valence-electron chi connectivity index (χ2n) is 6.86. The van der Waals surface area contributed by atoms with Gasteiger partial charge in [0.15, 0.2) is 0 Å². The molecule has 0 fully saturated rings. The molecule has 0 aromatic heterocycles. The molecular weight excluding hydrogens is 442 g/mol. The monoisotopic (exact) mass is 461 g/mol. The molecule has 0 atom stereocenters. The highest BCUT2D eigenvalue weighted by atomic mass is 32.2. The summed E-state index contributed by atoms with van der Waals surface area (Å²) in [6.07, 6.45) is 4.81. The first-order valence-corrected chi connectivity index (χ1v) is 11.6. The molecule has 0 amide bonds. The number of hydrogen-bond donors (Lipinski definition) is 5. The number of hydrogen-bond acceptors (Lipinski definition) is 7. The van der Waals surface area contributed by atoms with E-state index in [1.54, 1.807) is 19.1 Å². The number of rotatable bonds is 4. The van der Waals surface area contributed by atoms with Crippen molar-refractivity contribution in [3.63, 3.8) is 0 Å². The molecule has 31 heavy (non-hydrogen) atoms. The smallest absolute Gasteiger partial charge is 0.296 e. The van der Waals surface area contributed by atoms with Crippen molar-refractivity contribution in [2.75, 3.05) is 11.5 Å². The van der Waals surface area contributed by atoms with Crippen LogP contribution in [-0.4, -0.2) is 31.7 Å². The number of nitrogens with one attached hydrogen (secondary N) is 1. The fourth-order valence-corrected chi connectivity index (χ4v) is 4.43. The SMILES string of the molecule is CC1=CC(=C(c2ccc(N)c(S(=O)(=O)O)c2)c2ccc(N)c(S(=O)(=O)O)c2)C=CC1=N. The van der Waals surface area contributed by atoms with Crippen molar-refractivity contribution in [3.05, 3.63) is 76.9 Å². The van der Waals surface area contributed by atoms with Gasteiger partial charge in [-0.15, -0.1) is 0 Å². The lowest BCUT2D eigenvalue weighted by Gasteiger charge is -2.17. The number of nitrogens with two attached hydrogens (primary N) is 2. The molecule has 3 rings (SSSR count). The van der Waals surface area contributed by atoms with Gasteiger partial charge >= 0.3 is 0 Å². The molecule has 0 heterocycles. The van der Waals surface area contributed by atoms with E-state index in [4.69, 9.17) is 16.9 Å². The van der Waals surface area contributed by atoms with Gasteiger partial charge in [-0.1, -0.05) is 18.2 Å². The Bertz CT molecular complexity index is 1340. The van der Waals surface area contributed by atoms with Crippen LogP contribution in [0.1, 0.15) is 18.1 Å². The molecule has 0 aliphatic heterocycles. The van der Waals surface area contributed by atoms with Crippen LogP contribution in [0.25, 0.3) is 5.57 Å². The summed E-state index contributed by atoms with van der Waals surface area (Å²) >= 11 is 0. The minimum absolute atomic E-state index is 0.167. The Labute approximate surface area is 179 Å². The topological polar surface area (TPSA) is 185 Å². The quantitative estimate of drug-likeness (QED) is 0.340. The zero-order valence-electron chi connectivity index (χ0n) is 16.2. The molecule has 1 aliphatic carbocycles. The van der Waals surface area contributed by atoms with Crippen LogP contribution in [0, 0.1) is 5.41 Å². The van der Waals surface area contributed by atoms with Crippen molar-refractivity contribution in [2.24, 2.45) is 0 Å². The van der Waals surface area contributed by atoms with E-state index in [0.717, 1.165) is 12.1 Å². The van der Waals surface area contributed by atoms with Crippen molar-refractivity contribution in [1.82, 2.24) is 0 Å². The second kappa shape index (κ2) is 7.78. The zero-order valence-corrected chi connectivity index (χ0v) is 17.8. The van der Waals surface area contributed by atoms with E-state index < -0.39 is 30.0 Å². The lowest BCUT2D eigenvalue weighted by atomic mass is 9.89. The predicted octanol–water partition coefficient (Wildman–Crippen LogP) is 2.68. The molecule has 0 saturated carbocycles. The highest BCUT2D eigenvalue weighted by molar-refractivity contribution is 7.86. The Kier molecular flexibility index (Phi) is 5.63. The highest BCUT2D eigenvalue weighted by Crippen LogP contribution is 2.35. The first-order valence-electron chi connectivity index (χ1n) is 8.73. The van der Waals surface area contributed by atoms with Crippen LogP contribution in [0.5, 0.6) is 0 Å². The van der Waals surface area contributed by atoms with Crippen molar-refractivity contribution in [1.29, 1.82) is 5.41 Å². The van der Waals surface area contributed by atoms with E-state index in [-0.39, 0.29) is 17.1 Å². The molecular formula is C20H19N3O6S2. The molecule has 0 radical (unpaired) electrons. The van der Waals surface area contributed by atoms with Gasteiger partial charge in [0, 0.05) is 0 Å². The molecule has 2 aromatic carbocycles. The molecule has 162 valence electrons. The molecule has 0 saturated heterocycles. The maximum Gasteiger partial charge on any atom is 0.296 e. The molecule has 1 aliphatic rings. The standard InChI is InChI=1S/C20H19N3O6S2/c1-11-8-12(2-5-15(11)21)20(13-3-6-16(22)18(9-13)30(24,25)26)14-4-7-17(23)19(10-14)31(27,28)29/h2-10,21H,22-23H2,1H3,(H,24,25,26)(H,27,28,29). The van der Waals surface area contributed by atoms with E-state index in [0.29, 0.717) is 27.8 Å². The van der Waals surface area contributed by atoms with Crippen molar-refractivity contribution in [3.8, 4) is 0 Å². The second-order valence-corrected chi connectivity index (χ2v) is 9.64. The van der Waals surface area contributed by atoms with Crippen molar-refractivity contribution >= 4 is 42.9 Å². The van der Waals surface area contributed by atoms with E-state index in [2.05, 4.69) is 0 Å². The minimum atomic E-state index is -4.63. The average molecular weight is 462 g/mol. The maximum absolute atomic E-state index is 11.7. The third kappa shape index (κ3) is 4.59. The fraction of sp³-hybridized carbons (Fsp3) is 0.0500. The van der Waals surface area contributed by atoms with Gasteiger partial charge in [-0.05, 0) is 71.2 Å². The van der Waals surface area contributed by atoms with Gasteiger partial charge in [-0.3, -0.25) is 9.11 Å². The molecule has 0 unspecified atom stereocenters. The van der Waals surface area contributed by atoms with E-state index in [1.165, 1.54) is 30.3 Å². The summed E-state index contributed by atoms with van der Waals surface area (Å²) in [5.41, 5.74) is 13.4. The number of allylic oxidation sites excluding steroid dienone is 5. The molecule has 7 N–H and O–H groups in total. The average Bonchev–Trinajstić information content (AvgIpc) is 2.65. The van der Waals surface area contributed by atoms with E-state index >= 15 is 0 Å². The molecule has 0 bridgehead atoms. The Balaban J connectivity index is 2.40. The lowest BCUT2D eigenvalue weighted by molar-refractivity contribution is 0.481. The first kappa shape index (κ1) is 22.4. The van der Waals surface area contributed by atoms with Crippen LogP contribution in [-0.2, 0) is 20.2 Å². The van der Waals surface area contributed by atoms with Crippen LogP contribution in [0.4, 0.5) is 11.4 Å². The Morgan fingerprint density at radius 1 is 0.839 bits per heavy atom. The molecule has 0 spiro atoms. The van der Waals surface area contributed by atoms with Gasteiger partial charge in [0.1, 0.15) is 9.79 Å². The highest BCUT2D eigenvalue weighted by Gasteiger charge is 2.21.